The highest BCUT2D eigenvalue weighted by atomic mass is 32.2. The Morgan fingerprint density at radius 1 is 1.18 bits per heavy atom. The van der Waals surface area contributed by atoms with Crippen LogP contribution in [0.4, 0.5) is 17.1 Å². The van der Waals surface area contributed by atoms with E-state index in [4.69, 9.17) is 0 Å². The molecule has 33 heavy (non-hydrogen) atoms. The van der Waals surface area contributed by atoms with Crippen molar-refractivity contribution in [1.29, 1.82) is 0 Å². The Labute approximate surface area is 192 Å². The number of para-hydroxylation sites is 1. The first-order valence-corrected chi connectivity index (χ1v) is 12.3. The van der Waals surface area contributed by atoms with E-state index in [1.807, 2.05) is 31.2 Å². The number of aliphatic carboxylic acids is 1. The summed E-state index contributed by atoms with van der Waals surface area (Å²) in [4.78, 5) is 25.2. The molecular weight excluding hydrogens is 444 g/mol. The third-order valence-corrected chi connectivity index (χ3v) is 5.71. The monoisotopic (exact) mass is 470 g/mol. The van der Waals surface area contributed by atoms with Gasteiger partial charge in [-0.05, 0) is 42.7 Å². The number of amides is 1. The van der Waals surface area contributed by atoms with Gasteiger partial charge in [0.1, 0.15) is 5.92 Å². The number of hydrogen-bond acceptors (Lipinski definition) is 6. The van der Waals surface area contributed by atoms with Crippen molar-refractivity contribution in [2.45, 2.75) is 26.7 Å². The number of benzene rings is 2. The summed E-state index contributed by atoms with van der Waals surface area (Å²) in [6.45, 7) is 3.72. The minimum absolute atomic E-state index is 0.136. The number of nitrogens with zero attached hydrogens (tertiary/aromatic N) is 2. The molecule has 1 heterocycles. The van der Waals surface area contributed by atoms with Crippen molar-refractivity contribution in [2.75, 3.05) is 21.3 Å². The predicted octanol–water partition coefficient (Wildman–Crippen LogP) is 3.43. The zero-order chi connectivity index (χ0) is 24.2. The number of carbonyl (C=O) groups is 2. The molecule has 0 aliphatic carbocycles. The second-order valence-corrected chi connectivity index (χ2v) is 9.29. The minimum atomic E-state index is -3.52. The molecule has 0 saturated heterocycles. The molecule has 3 N–H and O–H groups in total. The van der Waals surface area contributed by atoms with Crippen molar-refractivity contribution < 1.29 is 23.1 Å². The molecule has 1 atom stereocenters. The quantitative estimate of drug-likeness (QED) is 0.482. The molecule has 174 valence electrons. The molecule has 0 saturated carbocycles. The number of anilines is 3. The van der Waals surface area contributed by atoms with E-state index in [0.29, 0.717) is 5.69 Å². The minimum Gasteiger partial charge on any atom is -0.481 e. The van der Waals surface area contributed by atoms with E-state index in [1.165, 1.54) is 12.3 Å². The van der Waals surface area contributed by atoms with Gasteiger partial charge < -0.3 is 10.4 Å². The van der Waals surface area contributed by atoms with Gasteiger partial charge in [-0.15, -0.1) is 0 Å². The van der Waals surface area contributed by atoms with Crippen molar-refractivity contribution in [3.05, 3.63) is 65.9 Å². The van der Waals surface area contributed by atoms with Crippen LogP contribution in [-0.2, 0) is 26.0 Å². The van der Waals surface area contributed by atoms with Gasteiger partial charge >= 0.3 is 5.97 Å². The number of rotatable bonds is 9. The molecular formula is C23H26N4O5S. The first kappa shape index (κ1) is 24.0. The molecule has 2 aromatic rings. The van der Waals surface area contributed by atoms with Crippen LogP contribution in [0.5, 0.6) is 0 Å². The van der Waals surface area contributed by atoms with Crippen LogP contribution in [0.25, 0.3) is 0 Å². The van der Waals surface area contributed by atoms with Crippen molar-refractivity contribution >= 4 is 44.7 Å². The maximum absolute atomic E-state index is 13.3. The molecule has 0 spiro atoms. The van der Waals surface area contributed by atoms with Crippen LogP contribution >= 0.6 is 0 Å². The van der Waals surface area contributed by atoms with E-state index in [0.717, 1.165) is 28.9 Å². The normalized spacial score (nSPS) is 16.0. The zero-order valence-electron chi connectivity index (χ0n) is 18.6. The van der Waals surface area contributed by atoms with E-state index in [-0.39, 0.29) is 23.4 Å². The van der Waals surface area contributed by atoms with Crippen LogP contribution in [0.2, 0.25) is 0 Å². The second kappa shape index (κ2) is 9.86. The fraction of sp³-hybridized carbons (Fsp3) is 0.261. The molecule has 1 unspecified atom stereocenters. The molecule has 0 bridgehead atoms. The summed E-state index contributed by atoms with van der Waals surface area (Å²) in [5.41, 5.74) is 2.69. The first-order chi connectivity index (χ1) is 15.6. The molecule has 1 aliphatic heterocycles. The van der Waals surface area contributed by atoms with E-state index in [2.05, 4.69) is 15.1 Å². The van der Waals surface area contributed by atoms with Crippen LogP contribution in [0.3, 0.4) is 0 Å². The Morgan fingerprint density at radius 3 is 2.55 bits per heavy atom. The lowest BCUT2D eigenvalue weighted by Crippen LogP contribution is -2.26. The number of nitrogens with one attached hydrogen (secondary N) is 2. The van der Waals surface area contributed by atoms with Crippen LogP contribution in [0.15, 0.2) is 65.4 Å². The number of carboxylic acid groups (broad SMARTS) is 1. The molecule has 3 rings (SSSR count). The molecule has 1 aliphatic rings. The van der Waals surface area contributed by atoms with Crippen molar-refractivity contribution in [2.24, 2.45) is 11.0 Å². The summed E-state index contributed by atoms with van der Waals surface area (Å²) in [6, 6.07) is 13.8. The van der Waals surface area contributed by atoms with Crippen LogP contribution in [0.1, 0.15) is 25.8 Å². The summed E-state index contributed by atoms with van der Waals surface area (Å²) in [5.74, 6) is -2.58. The summed E-state index contributed by atoms with van der Waals surface area (Å²) in [5, 5.41) is 18.3. The molecule has 1 amide bonds. The Kier molecular flexibility index (Phi) is 7.17. The molecule has 2 aromatic carbocycles. The third-order valence-electron chi connectivity index (χ3n) is 5.11. The highest BCUT2D eigenvalue weighted by Crippen LogP contribution is 2.30. The maximum atomic E-state index is 13.3. The predicted molar refractivity (Wildman–Crippen MR) is 129 cm³/mol. The highest BCUT2D eigenvalue weighted by Gasteiger charge is 2.37. The Balaban J connectivity index is 2.02. The van der Waals surface area contributed by atoms with E-state index in [9.17, 15) is 23.1 Å². The standard InChI is InChI=1S/C23H26N4O5S/c1-4-15-9-6-7-12-20(15)24-14-19-21(18(5-2)23(29)30)25-27(22(19)28)17-11-8-10-16(13-17)26-33(3,31)32/h6-14,18,24,26H,4-5H2,1-3H3,(H,29,30). The van der Waals surface area contributed by atoms with Gasteiger partial charge in [0.05, 0.1) is 28.9 Å². The fourth-order valence-corrected chi connectivity index (χ4v) is 4.07. The van der Waals surface area contributed by atoms with Gasteiger partial charge in [0.25, 0.3) is 5.91 Å². The average molecular weight is 471 g/mol. The lowest BCUT2D eigenvalue weighted by molar-refractivity contribution is -0.139. The van der Waals surface area contributed by atoms with E-state index < -0.39 is 27.8 Å². The molecule has 0 fully saturated rings. The zero-order valence-corrected chi connectivity index (χ0v) is 19.4. The maximum Gasteiger partial charge on any atom is 0.312 e. The fourth-order valence-electron chi connectivity index (χ4n) is 3.52. The summed E-state index contributed by atoms with van der Waals surface area (Å²) in [6.07, 6.45) is 3.53. The lowest BCUT2D eigenvalue weighted by Gasteiger charge is -2.13. The van der Waals surface area contributed by atoms with Crippen LogP contribution < -0.4 is 15.0 Å². The topological polar surface area (TPSA) is 128 Å². The largest absolute Gasteiger partial charge is 0.481 e. The summed E-state index contributed by atoms with van der Waals surface area (Å²) < 4.78 is 25.5. The van der Waals surface area contributed by atoms with Gasteiger partial charge in [-0.1, -0.05) is 38.1 Å². The van der Waals surface area contributed by atoms with Crippen molar-refractivity contribution in [3.8, 4) is 0 Å². The van der Waals surface area contributed by atoms with Crippen molar-refractivity contribution in [1.82, 2.24) is 0 Å². The van der Waals surface area contributed by atoms with Gasteiger partial charge in [-0.25, -0.2) is 8.42 Å². The summed E-state index contributed by atoms with van der Waals surface area (Å²) in [7, 11) is -3.52. The second-order valence-electron chi connectivity index (χ2n) is 7.54. The highest BCUT2D eigenvalue weighted by molar-refractivity contribution is 7.92. The summed E-state index contributed by atoms with van der Waals surface area (Å²) >= 11 is 0. The SMILES string of the molecule is CCc1ccccc1NC=C1C(=O)N(c2cccc(NS(C)(=O)=O)c2)N=C1C(CC)C(=O)O. The Hall–Kier alpha value is -3.66. The Bertz CT molecular complexity index is 1240. The third kappa shape index (κ3) is 5.58. The van der Waals surface area contributed by atoms with Gasteiger partial charge in [-0.2, -0.15) is 10.1 Å². The van der Waals surface area contributed by atoms with Crippen LogP contribution in [0, 0.1) is 5.92 Å². The first-order valence-electron chi connectivity index (χ1n) is 10.4. The number of sulfonamides is 1. The van der Waals surface area contributed by atoms with Crippen molar-refractivity contribution in [3.63, 3.8) is 0 Å². The van der Waals surface area contributed by atoms with Crippen LogP contribution in [-0.4, -0.2) is 37.4 Å². The average Bonchev–Trinajstić information content (AvgIpc) is 3.07. The molecule has 10 heteroatoms. The van der Waals surface area contributed by atoms with Gasteiger partial charge in [0, 0.05) is 11.9 Å². The number of carbonyl (C=O) groups excluding carboxylic acids is 1. The van der Waals surface area contributed by atoms with Gasteiger partial charge in [0.2, 0.25) is 10.0 Å². The molecule has 0 radical (unpaired) electrons. The van der Waals surface area contributed by atoms with Gasteiger partial charge in [-0.3, -0.25) is 14.3 Å². The molecule has 0 aromatic heterocycles. The number of aryl methyl sites for hydroxylation is 1. The molecule has 9 nitrogen and oxygen atoms in total. The van der Waals surface area contributed by atoms with Gasteiger partial charge in [0.15, 0.2) is 0 Å². The number of hydrogen-bond donors (Lipinski definition) is 3. The lowest BCUT2D eigenvalue weighted by atomic mass is 9.95. The number of carboxylic acids is 1. The van der Waals surface area contributed by atoms with E-state index >= 15 is 0 Å². The van der Waals surface area contributed by atoms with E-state index in [1.54, 1.807) is 25.1 Å². The Morgan fingerprint density at radius 2 is 1.91 bits per heavy atom. The smallest absolute Gasteiger partial charge is 0.312 e. The number of hydrazone groups is 1.